The van der Waals surface area contributed by atoms with E-state index < -0.39 is 104 Å². The van der Waals surface area contributed by atoms with Crippen molar-refractivity contribution >= 4 is 41.4 Å². The monoisotopic (exact) mass is 789 g/mol. The highest BCUT2D eigenvalue weighted by Crippen LogP contribution is 2.14. The Kier molecular flexibility index (Phi) is 18.6. The zero-order chi connectivity index (χ0) is 42.1. The van der Waals surface area contributed by atoms with Crippen LogP contribution in [0.5, 0.6) is 11.5 Å². The number of carbonyl (C=O) groups excluding carboxylic acids is 6. The average molecular weight is 790 g/mol. The van der Waals surface area contributed by atoms with E-state index in [0.29, 0.717) is 11.1 Å². The quantitative estimate of drug-likeness (QED) is 0.0545. The molecule has 0 heterocycles. The molecule has 14 N–H and O–H groups in total. The second kappa shape index (κ2) is 22.5. The molecule has 0 aliphatic carbocycles. The number of nitrogens with one attached hydrogen (secondary N) is 6. The van der Waals surface area contributed by atoms with Gasteiger partial charge >= 0.3 is 5.97 Å². The number of nitrogens with two attached hydrogens (primary N) is 1. The molecular weight excluding hydrogens is 738 g/mol. The summed E-state index contributed by atoms with van der Waals surface area (Å²) in [6, 6.07) is 1.08. The lowest BCUT2D eigenvalue weighted by molar-refractivity contribution is -0.143. The molecule has 308 valence electrons. The number of aliphatic hydroxyl groups is 3. The second-order valence-electron chi connectivity index (χ2n) is 13.4. The summed E-state index contributed by atoms with van der Waals surface area (Å²) in [5.41, 5.74) is 6.35. The van der Waals surface area contributed by atoms with Gasteiger partial charge in [0.05, 0.1) is 19.8 Å². The van der Waals surface area contributed by atoms with Crippen molar-refractivity contribution in [1.82, 2.24) is 31.9 Å². The third-order valence-electron chi connectivity index (χ3n) is 8.26. The number of hydrogen-bond donors (Lipinski definition) is 13. The first-order valence-corrected chi connectivity index (χ1v) is 17.6. The van der Waals surface area contributed by atoms with E-state index in [2.05, 4.69) is 31.9 Å². The van der Waals surface area contributed by atoms with Gasteiger partial charge in [-0.3, -0.25) is 28.8 Å². The van der Waals surface area contributed by atoms with Crippen molar-refractivity contribution in [1.29, 1.82) is 0 Å². The lowest BCUT2D eigenvalue weighted by atomic mass is 9.99. The molecule has 6 amide bonds. The minimum absolute atomic E-state index is 0.0122. The van der Waals surface area contributed by atoms with Crippen molar-refractivity contribution in [3.63, 3.8) is 0 Å². The van der Waals surface area contributed by atoms with Crippen LogP contribution in [0, 0.1) is 5.92 Å². The minimum Gasteiger partial charge on any atom is -0.508 e. The number of carboxylic acid groups (broad SMARTS) is 1. The molecule has 0 aliphatic heterocycles. The Hall–Kier alpha value is -5.83. The number of aliphatic carboxylic acids is 1. The maximum absolute atomic E-state index is 13.9. The first kappa shape index (κ1) is 46.3. The number of phenolic OH excluding ortho intramolecular Hbond substituents is 2. The minimum atomic E-state index is -1.70. The predicted octanol–water partition coefficient (Wildman–Crippen LogP) is -3.75. The highest BCUT2D eigenvalue weighted by atomic mass is 16.4. The van der Waals surface area contributed by atoms with Gasteiger partial charge in [-0.1, -0.05) is 38.1 Å². The van der Waals surface area contributed by atoms with Gasteiger partial charge in [-0.2, -0.15) is 0 Å². The van der Waals surface area contributed by atoms with Gasteiger partial charge in [-0.15, -0.1) is 0 Å². The lowest BCUT2D eigenvalue weighted by Crippen LogP contribution is -2.61. The van der Waals surface area contributed by atoms with Crippen LogP contribution in [-0.4, -0.2) is 134 Å². The highest BCUT2D eigenvalue weighted by molar-refractivity contribution is 5.97. The summed E-state index contributed by atoms with van der Waals surface area (Å²) in [7, 11) is 0. The summed E-state index contributed by atoms with van der Waals surface area (Å²) >= 11 is 0. The van der Waals surface area contributed by atoms with Crippen molar-refractivity contribution in [3.8, 4) is 11.5 Å². The van der Waals surface area contributed by atoms with Gasteiger partial charge in [0.25, 0.3) is 0 Å². The lowest BCUT2D eigenvalue weighted by Gasteiger charge is -2.28. The first-order valence-electron chi connectivity index (χ1n) is 17.6. The van der Waals surface area contributed by atoms with Crippen molar-refractivity contribution in [3.05, 3.63) is 59.7 Å². The van der Waals surface area contributed by atoms with Crippen LogP contribution in [0.4, 0.5) is 0 Å². The molecule has 2 aromatic rings. The molecule has 0 radical (unpaired) electrons. The summed E-state index contributed by atoms with van der Waals surface area (Å²) in [5.74, 6) is -7.46. The Morgan fingerprint density at radius 1 is 0.518 bits per heavy atom. The summed E-state index contributed by atoms with van der Waals surface area (Å²) < 4.78 is 0. The van der Waals surface area contributed by atoms with Crippen molar-refractivity contribution in [2.75, 3.05) is 19.8 Å². The summed E-state index contributed by atoms with van der Waals surface area (Å²) in [6.45, 7) is 2.18. The fraction of sp³-hybridized carbons (Fsp3) is 0.472. The number of benzene rings is 2. The van der Waals surface area contributed by atoms with Gasteiger partial charge in [0, 0.05) is 12.8 Å². The van der Waals surface area contributed by atoms with Gasteiger partial charge in [-0.05, 0) is 54.7 Å². The first-order chi connectivity index (χ1) is 26.4. The van der Waals surface area contributed by atoms with E-state index in [0.717, 1.165) is 0 Å². The fourth-order valence-corrected chi connectivity index (χ4v) is 5.09. The Balaban J connectivity index is 2.37. The molecule has 7 atom stereocenters. The third kappa shape index (κ3) is 15.1. The second-order valence-corrected chi connectivity index (χ2v) is 13.4. The number of rotatable bonds is 22. The Bertz CT molecular complexity index is 1660. The maximum Gasteiger partial charge on any atom is 0.328 e. The SMILES string of the molecule is CC(C)C[C@H](NC(=O)[C@H](Cc1ccc(O)cc1)NC(=O)[C@H](CO)NC(=O)[C@H](C)NC(=O)[C@@H](N)CO)C(=O)N[C@@H](Cc1ccc(O)cc1)C(=O)N[C@@H](CO)C(=O)O. The van der Waals surface area contributed by atoms with Crippen LogP contribution >= 0.6 is 0 Å². The molecule has 0 aromatic heterocycles. The number of phenols is 2. The molecule has 2 rings (SSSR count). The van der Waals surface area contributed by atoms with Crippen molar-refractivity contribution in [2.45, 2.75) is 82.3 Å². The van der Waals surface area contributed by atoms with Gasteiger partial charge in [0.1, 0.15) is 53.8 Å². The standard InChI is InChI=1S/C36H51N7O13/c1-18(2)12-25(32(51)40-27(14-21-6-10-23(48)11-7-21)34(53)43-29(17-46)36(55)56)39-33(52)26(13-20-4-8-22(47)9-5-20)41-35(54)28(16-45)42-30(49)19(3)38-31(50)24(37)15-44/h4-11,18-19,24-29,44-48H,12-17,37H2,1-3H3,(H,38,50)(H,39,52)(H,40,51)(H,41,54)(H,42,49)(H,43,53)(H,55,56)/t19-,24-,25-,26-,27-,28-,29-/m0/s1. The van der Waals surface area contributed by atoms with Crippen LogP contribution in [0.2, 0.25) is 0 Å². The molecular formula is C36H51N7O13. The molecule has 0 spiro atoms. The van der Waals surface area contributed by atoms with Crippen LogP contribution in [-0.2, 0) is 46.4 Å². The molecule has 2 aromatic carbocycles. The van der Waals surface area contributed by atoms with Gasteiger partial charge in [0.15, 0.2) is 0 Å². The van der Waals surface area contributed by atoms with Gasteiger partial charge in [-0.25, -0.2) is 4.79 Å². The van der Waals surface area contributed by atoms with Crippen molar-refractivity contribution in [2.24, 2.45) is 11.7 Å². The van der Waals surface area contributed by atoms with Crippen LogP contribution < -0.4 is 37.6 Å². The van der Waals surface area contributed by atoms with Crippen LogP contribution in [0.25, 0.3) is 0 Å². The maximum atomic E-state index is 13.9. The smallest absolute Gasteiger partial charge is 0.328 e. The van der Waals surface area contributed by atoms with Gasteiger partial charge < -0.3 is 68.3 Å². The van der Waals surface area contributed by atoms with Crippen LogP contribution in [0.15, 0.2) is 48.5 Å². The Labute approximate surface area is 322 Å². The summed E-state index contributed by atoms with van der Waals surface area (Å²) in [5, 5.41) is 71.6. The molecule has 0 bridgehead atoms. The zero-order valence-corrected chi connectivity index (χ0v) is 31.1. The fourth-order valence-electron chi connectivity index (χ4n) is 5.09. The average Bonchev–Trinajstić information content (AvgIpc) is 3.15. The Morgan fingerprint density at radius 2 is 0.893 bits per heavy atom. The number of aliphatic hydroxyl groups excluding tert-OH is 3. The number of carbonyl (C=O) groups is 7. The third-order valence-corrected chi connectivity index (χ3v) is 8.26. The zero-order valence-electron chi connectivity index (χ0n) is 31.1. The van der Waals surface area contributed by atoms with E-state index in [1.807, 2.05) is 0 Å². The molecule has 20 heteroatoms. The summed E-state index contributed by atoms with van der Waals surface area (Å²) in [6.07, 6.45) is -0.393. The van der Waals surface area contributed by atoms with Gasteiger partial charge in [0.2, 0.25) is 35.4 Å². The molecule has 0 saturated heterocycles. The van der Waals surface area contributed by atoms with E-state index in [9.17, 15) is 59.1 Å². The molecule has 0 unspecified atom stereocenters. The molecule has 56 heavy (non-hydrogen) atoms. The largest absolute Gasteiger partial charge is 0.508 e. The van der Waals surface area contributed by atoms with Crippen LogP contribution in [0.3, 0.4) is 0 Å². The van der Waals surface area contributed by atoms with E-state index in [4.69, 9.17) is 10.8 Å². The topological polar surface area (TPSA) is 339 Å². The molecule has 20 nitrogen and oxygen atoms in total. The van der Waals surface area contributed by atoms with E-state index in [1.165, 1.54) is 55.5 Å². The van der Waals surface area contributed by atoms with E-state index in [1.54, 1.807) is 13.8 Å². The number of carboxylic acids is 1. The predicted molar refractivity (Wildman–Crippen MR) is 197 cm³/mol. The number of hydrogen-bond acceptors (Lipinski definition) is 13. The molecule has 0 aliphatic rings. The van der Waals surface area contributed by atoms with Crippen molar-refractivity contribution < 1.29 is 64.2 Å². The highest BCUT2D eigenvalue weighted by Gasteiger charge is 2.33. The van der Waals surface area contributed by atoms with E-state index in [-0.39, 0.29) is 36.7 Å². The molecule has 0 saturated carbocycles. The number of aromatic hydroxyl groups is 2. The van der Waals surface area contributed by atoms with Crippen LogP contribution in [0.1, 0.15) is 38.3 Å². The normalized spacial score (nSPS) is 14.8. The summed E-state index contributed by atoms with van der Waals surface area (Å²) in [4.78, 5) is 90.7. The number of amides is 6. The Morgan fingerprint density at radius 3 is 1.29 bits per heavy atom. The van der Waals surface area contributed by atoms with E-state index >= 15 is 0 Å². The molecule has 0 fully saturated rings.